The molecule has 0 unspecified atom stereocenters. The second kappa shape index (κ2) is 4.61. The predicted octanol–water partition coefficient (Wildman–Crippen LogP) is 2.74. The zero-order valence-electron chi connectivity index (χ0n) is 10.6. The molecule has 0 aliphatic heterocycles. The largest absolute Gasteiger partial charge is 0.457 e. The summed E-state index contributed by atoms with van der Waals surface area (Å²) in [5.41, 5.74) is 1.46. The molecule has 2 heterocycles. The number of aryl methyl sites for hydroxylation is 1. The molecule has 3 rings (SSSR count). The number of non-ortho nitro benzene ring substituents is 1. The van der Waals surface area contributed by atoms with E-state index >= 15 is 0 Å². The number of nitro benzene ring substituents is 1. The second-order valence-electron chi connectivity index (χ2n) is 4.23. The van der Waals surface area contributed by atoms with Crippen LogP contribution in [0.25, 0.3) is 5.65 Å². The van der Waals surface area contributed by atoms with Crippen LogP contribution in [0, 0.1) is 17.0 Å². The average Bonchev–Trinajstić information content (AvgIpc) is 2.88. The van der Waals surface area contributed by atoms with Crippen molar-refractivity contribution in [1.82, 2.24) is 14.6 Å². The maximum absolute atomic E-state index is 10.8. The van der Waals surface area contributed by atoms with Crippen molar-refractivity contribution in [3.63, 3.8) is 0 Å². The minimum Gasteiger partial charge on any atom is -0.457 e. The Bertz CT molecular complexity index is 797. The topological polar surface area (TPSA) is 82.6 Å². The van der Waals surface area contributed by atoms with Gasteiger partial charge in [0.15, 0.2) is 5.65 Å². The van der Waals surface area contributed by atoms with E-state index in [0.717, 1.165) is 5.56 Å². The first-order valence-corrected chi connectivity index (χ1v) is 5.86. The van der Waals surface area contributed by atoms with E-state index in [2.05, 4.69) is 10.1 Å². The highest BCUT2D eigenvalue weighted by Crippen LogP contribution is 2.29. The standard InChI is InChI=1S/C13H10N4O3/c1-9-2-3-10(17(18)19)6-12(9)20-11-4-5-16-13(7-11)14-8-15-16/h2-8H,1H3. The molecule has 0 amide bonds. The summed E-state index contributed by atoms with van der Waals surface area (Å²) in [5, 5.41) is 14.8. The molecule has 0 aliphatic rings. The fourth-order valence-corrected chi connectivity index (χ4v) is 1.80. The quantitative estimate of drug-likeness (QED) is 0.539. The summed E-state index contributed by atoms with van der Waals surface area (Å²) in [5.74, 6) is 0.997. The number of rotatable bonds is 3. The summed E-state index contributed by atoms with van der Waals surface area (Å²) < 4.78 is 7.30. The van der Waals surface area contributed by atoms with Crippen molar-refractivity contribution in [3.05, 3.63) is 58.5 Å². The zero-order chi connectivity index (χ0) is 14.1. The highest BCUT2D eigenvalue weighted by molar-refractivity contribution is 5.48. The molecule has 0 aliphatic carbocycles. The molecule has 20 heavy (non-hydrogen) atoms. The average molecular weight is 270 g/mol. The lowest BCUT2D eigenvalue weighted by Gasteiger charge is -2.08. The van der Waals surface area contributed by atoms with Gasteiger partial charge in [0.2, 0.25) is 0 Å². The van der Waals surface area contributed by atoms with Crippen LogP contribution in [-0.2, 0) is 0 Å². The normalized spacial score (nSPS) is 10.7. The number of ether oxygens (including phenoxy) is 1. The lowest BCUT2D eigenvalue weighted by Crippen LogP contribution is -1.93. The molecule has 0 radical (unpaired) electrons. The summed E-state index contributed by atoms with van der Waals surface area (Å²) in [6.45, 7) is 1.83. The fraction of sp³-hybridized carbons (Fsp3) is 0.0769. The van der Waals surface area contributed by atoms with Crippen LogP contribution >= 0.6 is 0 Å². The van der Waals surface area contributed by atoms with E-state index in [1.165, 1.54) is 18.5 Å². The van der Waals surface area contributed by atoms with Crippen molar-refractivity contribution in [2.75, 3.05) is 0 Å². The number of fused-ring (bicyclic) bond motifs is 1. The van der Waals surface area contributed by atoms with Crippen LogP contribution in [0.5, 0.6) is 11.5 Å². The minimum atomic E-state index is -0.450. The molecule has 100 valence electrons. The van der Waals surface area contributed by atoms with Crippen molar-refractivity contribution in [3.8, 4) is 11.5 Å². The third-order valence-electron chi connectivity index (χ3n) is 2.86. The Morgan fingerprint density at radius 2 is 2.15 bits per heavy atom. The highest BCUT2D eigenvalue weighted by Gasteiger charge is 2.10. The van der Waals surface area contributed by atoms with E-state index in [-0.39, 0.29) is 5.69 Å². The molecule has 0 fully saturated rings. The van der Waals surface area contributed by atoms with E-state index in [1.807, 2.05) is 6.92 Å². The van der Waals surface area contributed by atoms with Gasteiger partial charge in [-0.25, -0.2) is 9.50 Å². The van der Waals surface area contributed by atoms with Gasteiger partial charge in [0.25, 0.3) is 5.69 Å². The van der Waals surface area contributed by atoms with Crippen LogP contribution in [0.15, 0.2) is 42.9 Å². The minimum absolute atomic E-state index is 0.00541. The van der Waals surface area contributed by atoms with Crippen LogP contribution in [0.1, 0.15) is 5.56 Å². The Morgan fingerprint density at radius 3 is 2.95 bits per heavy atom. The first kappa shape index (κ1) is 12.1. The number of pyridine rings is 1. The first-order chi connectivity index (χ1) is 9.63. The SMILES string of the molecule is Cc1ccc([N+](=O)[O-])cc1Oc1ccn2ncnc2c1. The number of nitro groups is 1. The number of aromatic nitrogens is 3. The summed E-state index contributed by atoms with van der Waals surface area (Å²) in [7, 11) is 0. The van der Waals surface area contributed by atoms with Crippen molar-refractivity contribution in [2.24, 2.45) is 0 Å². The van der Waals surface area contributed by atoms with Gasteiger partial charge in [-0.3, -0.25) is 10.1 Å². The van der Waals surface area contributed by atoms with Gasteiger partial charge in [-0.2, -0.15) is 5.10 Å². The van der Waals surface area contributed by atoms with Crippen molar-refractivity contribution in [2.45, 2.75) is 6.92 Å². The maximum Gasteiger partial charge on any atom is 0.273 e. The highest BCUT2D eigenvalue weighted by atomic mass is 16.6. The second-order valence-corrected chi connectivity index (χ2v) is 4.23. The van der Waals surface area contributed by atoms with Crippen LogP contribution in [-0.4, -0.2) is 19.5 Å². The monoisotopic (exact) mass is 270 g/mol. The third kappa shape index (κ3) is 2.16. The maximum atomic E-state index is 10.8. The lowest BCUT2D eigenvalue weighted by atomic mass is 10.2. The van der Waals surface area contributed by atoms with Gasteiger partial charge in [0.05, 0.1) is 11.0 Å². The van der Waals surface area contributed by atoms with Crippen LogP contribution < -0.4 is 4.74 Å². The number of hydrogen-bond donors (Lipinski definition) is 0. The molecule has 0 atom stereocenters. The Morgan fingerprint density at radius 1 is 1.30 bits per heavy atom. The van der Waals surface area contributed by atoms with Crippen LogP contribution in [0.3, 0.4) is 0 Å². The Balaban J connectivity index is 1.97. The Labute approximate surface area is 113 Å². The van der Waals surface area contributed by atoms with E-state index in [4.69, 9.17) is 4.74 Å². The molecule has 0 saturated carbocycles. The van der Waals surface area contributed by atoms with Gasteiger partial charge >= 0.3 is 0 Å². The molecule has 7 nitrogen and oxygen atoms in total. The summed E-state index contributed by atoms with van der Waals surface area (Å²) in [6.07, 6.45) is 3.15. The summed E-state index contributed by atoms with van der Waals surface area (Å²) in [4.78, 5) is 14.4. The Hall–Kier alpha value is -2.96. The molecule has 7 heteroatoms. The van der Waals surface area contributed by atoms with Crippen LogP contribution in [0.2, 0.25) is 0 Å². The lowest BCUT2D eigenvalue weighted by molar-refractivity contribution is -0.384. The van der Waals surface area contributed by atoms with Crippen LogP contribution in [0.4, 0.5) is 5.69 Å². The van der Waals surface area contributed by atoms with Gasteiger partial charge in [-0.15, -0.1) is 0 Å². The third-order valence-corrected chi connectivity index (χ3v) is 2.86. The Kier molecular flexibility index (Phi) is 2.79. The van der Waals surface area contributed by atoms with Gasteiger partial charge in [-0.1, -0.05) is 0 Å². The van der Waals surface area contributed by atoms with Crippen molar-refractivity contribution >= 4 is 11.3 Å². The van der Waals surface area contributed by atoms with Gasteiger partial charge in [0.1, 0.15) is 17.8 Å². The predicted molar refractivity (Wildman–Crippen MR) is 70.9 cm³/mol. The van der Waals surface area contributed by atoms with Crippen molar-refractivity contribution in [1.29, 1.82) is 0 Å². The van der Waals surface area contributed by atoms with E-state index < -0.39 is 4.92 Å². The first-order valence-electron chi connectivity index (χ1n) is 5.86. The molecule has 3 aromatic rings. The number of hydrogen-bond acceptors (Lipinski definition) is 5. The number of nitrogens with zero attached hydrogens (tertiary/aromatic N) is 4. The number of benzene rings is 1. The van der Waals surface area contributed by atoms with Crippen molar-refractivity contribution < 1.29 is 9.66 Å². The van der Waals surface area contributed by atoms with Gasteiger partial charge < -0.3 is 4.74 Å². The molecular formula is C13H10N4O3. The smallest absolute Gasteiger partial charge is 0.273 e. The molecular weight excluding hydrogens is 260 g/mol. The van der Waals surface area contributed by atoms with Gasteiger partial charge in [-0.05, 0) is 24.6 Å². The summed E-state index contributed by atoms with van der Waals surface area (Å²) >= 11 is 0. The fourth-order valence-electron chi connectivity index (χ4n) is 1.80. The zero-order valence-corrected chi connectivity index (χ0v) is 10.6. The van der Waals surface area contributed by atoms with Gasteiger partial charge in [0, 0.05) is 18.3 Å². The molecule has 0 bridgehead atoms. The molecule has 0 N–H and O–H groups in total. The molecule has 2 aromatic heterocycles. The van der Waals surface area contributed by atoms with E-state index in [9.17, 15) is 10.1 Å². The molecule has 0 saturated heterocycles. The summed E-state index contributed by atoms with van der Waals surface area (Å²) in [6, 6.07) is 7.95. The van der Waals surface area contributed by atoms with E-state index in [1.54, 1.807) is 28.9 Å². The molecule has 1 aromatic carbocycles. The molecule has 0 spiro atoms. The van der Waals surface area contributed by atoms with E-state index in [0.29, 0.717) is 17.1 Å².